The lowest BCUT2D eigenvalue weighted by Gasteiger charge is -2.36. The first-order valence-corrected chi connectivity index (χ1v) is 8.07. The van der Waals surface area contributed by atoms with Gasteiger partial charge in [0.25, 0.3) is 5.91 Å². The number of carbonyl (C=O) groups is 1. The van der Waals surface area contributed by atoms with Crippen molar-refractivity contribution in [3.8, 4) is 0 Å². The Kier molecular flexibility index (Phi) is 4.40. The highest BCUT2D eigenvalue weighted by Gasteiger charge is 2.32. The average Bonchev–Trinajstić information content (AvgIpc) is 2.96. The van der Waals surface area contributed by atoms with Crippen LogP contribution in [0, 0.1) is 13.8 Å². The summed E-state index contributed by atoms with van der Waals surface area (Å²) in [6.07, 6.45) is 1.07. The summed E-state index contributed by atoms with van der Waals surface area (Å²) in [7, 11) is 2.17. The number of rotatable bonds is 2. The van der Waals surface area contributed by atoms with E-state index in [0.717, 1.165) is 51.4 Å². The van der Waals surface area contributed by atoms with Crippen LogP contribution in [0.1, 0.15) is 28.4 Å². The molecule has 22 heavy (non-hydrogen) atoms. The zero-order valence-electron chi connectivity index (χ0n) is 13.7. The van der Waals surface area contributed by atoms with E-state index in [-0.39, 0.29) is 5.91 Å². The van der Waals surface area contributed by atoms with Crippen molar-refractivity contribution in [2.45, 2.75) is 26.3 Å². The maximum atomic E-state index is 12.6. The number of hydrogen-bond donors (Lipinski definition) is 0. The van der Waals surface area contributed by atoms with Crippen LogP contribution in [0.25, 0.3) is 0 Å². The Morgan fingerprint density at radius 3 is 2.55 bits per heavy atom. The van der Waals surface area contributed by atoms with E-state index < -0.39 is 0 Å². The highest BCUT2D eigenvalue weighted by atomic mass is 16.2. The fraction of sp³-hybridized carbons (Fsp3) is 0.688. The van der Waals surface area contributed by atoms with E-state index in [1.54, 1.807) is 6.07 Å². The van der Waals surface area contributed by atoms with Crippen LogP contribution >= 0.6 is 0 Å². The summed E-state index contributed by atoms with van der Waals surface area (Å²) in [5.74, 6) is 0.711. The van der Waals surface area contributed by atoms with Gasteiger partial charge >= 0.3 is 0 Å². The Morgan fingerprint density at radius 1 is 1.14 bits per heavy atom. The second-order valence-electron chi connectivity index (χ2n) is 6.47. The van der Waals surface area contributed by atoms with E-state index in [9.17, 15) is 4.79 Å². The van der Waals surface area contributed by atoms with Crippen molar-refractivity contribution in [1.29, 1.82) is 0 Å². The molecule has 0 radical (unpaired) electrons. The molecule has 2 saturated heterocycles. The van der Waals surface area contributed by atoms with Crippen molar-refractivity contribution in [3.63, 3.8) is 0 Å². The first-order valence-electron chi connectivity index (χ1n) is 8.07. The lowest BCUT2D eigenvalue weighted by atomic mass is 10.2. The summed E-state index contributed by atoms with van der Waals surface area (Å²) in [5, 5.41) is 0. The van der Waals surface area contributed by atoms with Crippen molar-refractivity contribution in [2.75, 3.05) is 46.3 Å². The lowest BCUT2D eigenvalue weighted by molar-refractivity contribution is 0.0749. The number of hydrogen-bond acceptors (Lipinski definition) is 5. The van der Waals surface area contributed by atoms with Crippen molar-refractivity contribution < 1.29 is 4.79 Å². The van der Waals surface area contributed by atoms with Gasteiger partial charge in [-0.2, -0.15) is 0 Å². The third-order valence-corrected chi connectivity index (χ3v) is 4.69. The minimum absolute atomic E-state index is 0.0465. The van der Waals surface area contributed by atoms with Crippen LogP contribution in [0.4, 0.5) is 0 Å². The molecule has 0 saturated carbocycles. The molecule has 0 spiro atoms. The van der Waals surface area contributed by atoms with E-state index in [2.05, 4.69) is 26.8 Å². The Bertz CT molecular complexity index is 533. The third-order valence-electron chi connectivity index (χ3n) is 4.69. The first-order chi connectivity index (χ1) is 10.5. The number of nitrogens with zero attached hydrogens (tertiary/aromatic N) is 5. The molecule has 0 bridgehead atoms. The van der Waals surface area contributed by atoms with Gasteiger partial charge in [-0.3, -0.25) is 9.69 Å². The van der Waals surface area contributed by atoms with Crippen molar-refractivity contribution in [2.24, 2.45) is 0 Å². The zero-order valence-corrected chi connectivity index (χ0v) is 13.7. The first kappa shape index (κ1) is 15.4. The van der Waals surface area contributed by atoms with Crippen molar-refractivity contribution in [3.05, 3.63) is 23.3 Å². The summed E-state index contributed by atoms with van der Waals surface area (Å²) < 4.78 is 0. The van der Waals surface area contributed by atoms with Gasteiger partial charge in [0.2, 0.25) is 0 Å². The van der Waals surface area contributed by atoms with E-state index in [4.69, 9.17) is 0 Å². The number of likely N-dealkylation sites (N-methyl/N-ethyl adjacent to an activating group) is 1. The summed E-state index contributed by atoms with van der Waals surface area (Å²) in [4.78, 5) is 28.0. The zero-order chi connectivity index (χ0) is 15.7. The molecular weight excluding hydrogens is 278 g/mol. The number of aromatic nitrogens is 2. The van der Waals surface area contributed by atoms with Crippen LogP contribution < -0.4 is 0 Å². The molecular formula is C16H25N5O. The highest BCUT2D eigenvalue weighted by molar-refractivity contribution is 5.92. The highest BCUT2D eigenvalue weighted by Crippen LogP contribution is 2.19. The molecule has 0 N–H and O–H groups in total. The molecule has 6 nitrogen and oxygen atoms in total. The molecule has 1 aromatic heterocycles. The number of likely N-dealkylation sites (tertiary alicyclic amines) is 1. The van der Waals surface area contributed by atoms with Crippen molar-refractivity contribution in [1.82, 2.24) is 24.7 Å². The molecule has 2 fully saturated rings. The maximum absolute atomic E-state index is 12.6. The van der Waals surface area contributed by atoms with Gasteiger partial charge in [0.1, 0.15) is 11.5 Å². The molecule has 0 aliphatic carbocycles. The smallest absolute Gasteiger partial charge is 0.272 e. The van der Waals surface area contributed by atoms with E-state index >= 15 is 0 Å². The second kappa shape index (κ2) is 6.30. The predicted octanol–water partition coefficient (Wildman–Crippen LogP) is 0.555. The Balaban J connectivity index is 1.63. The quantitative estimate of drug-likeness (QED) is 0.799. The fourth-order valence-electron chi connectivity index (χ4n) is 3.40. The minimum atomic E-state index is 0.0465. The van der Waals surface area contributed by atoms with Crippen LogP contribution in [-0.4, -0.2) is 82.9 Å². The minimum Gasteiger partial charge on any atom is -0.336 e. The topological polar surface area (TPSA) is 52.6 Å². The molecule has 3 rings (SSSR count). The largest absolute Gasteiger partial charge is 0.336 e. The van der Waals surface area contributed by atoms with Gasteiger partial charge in [0, 0.05) is 51.0 Å². The molecule has 1 aromatic rings. The molecule has 6 heteroatoms. The SMILES string of the molecule is Cc1cc(C(=O)N2CC[C@@H](N3CCN(C)CC3)C2)nc(C)n1. The van der Waals surface area contributed by atoms with Crippen LogP contribution in [0.3, 0.4) is 0 Å². The van der Waals surface area contributed by atoms with E-state index in [1.807, 2.05) is 18.7 Å². The van der Waals surface area contributed by atoms with Gasteiger partial charge < -0.3 is 9.80 Å². The van der Waals surface area contributed by atoms with E-state index in [1.165, 1.54) is 0 Å². The monoisotopic (exact) mass is 303 g/mol. The third kappa shape index (κ3) is 3.28. The summed E-state index contributed by atoms with van der Waals surface area (Å²) >= 11 is 0. The average molecular weight is 303 g/mol. The molecule has 1 amide bonds. The molecule has 0 unspecified atom stereocenters. The molecule has 120 valence electrons. The molecule has 0 aromatic carbocycles. The van der Waals surface area contributed by atoms with Gasteiger partial charge in [-0.1, -0.05) is 0 Å². The van der Waals surface area contributed by atoms with Crippen LogP contribution in [0.15, 0.2) is 6.07 Å². The molecule has 2 aliphatic heterocycles. The van der Waals surface area contributed by atoms with Gasteiger partial charge in [0.05, 0.1) is 0 Å². The van der Waals surface area contributed by atoms with Gasteiger partial charge in [-0.15, -0.1) is 0 Å². The molecule has 3 heterocycles. The summed E-state index contributed by atoms with van der Waals surface area (Å²) in [5.41, 5.74) is 1.38. The molecule has 2 aliphatic rings. The van der Waals surface area contributed by atoms with Gasteiger partial charge in [0.15, 0.2) is 0 Å². The van der Waals surface area contributed by atoms with Crippen LogP contribution in [0.2, 0.25) is 0 Å². The van der Waals surface area contributed by atoms with Gasteiger partial charge in [-0.05, 0) is 33.4 Å². The maximum Gasteiger partial charge on any atom is 0.272 e. The number of piperazine rings is 1. The van der Waals surface area contributed by atoms with Crippen molar-refractivity contribution >= 4 is 5.91 Å². The molecule has 1 atom stereocenters. The Morgan fingerprint density at radius 2 is 1.86 bits per heavy atom. The van der Waals surface area contributed by atoms with Crippen LogP contribution in [0.5, 0.6) is 0 Å². The Labute approximate surface area is 132 Å². The normalized spacial score (nSPS) is 24.0. The lowest BCUT2D eigenvalue weighted by Crippen LogP contribution is -2.50. The number of amides is 1. The standard InChI is InChI=1S/C16H25N5O/c1-12-10-15(18-13(2)17-12)16(22)21-5-4-14(11-21)20-8-6-19(3)7-9-20/h10,14H,4-9,11H2,1-3H3/t14-/m1/s1. The Hall–Kier alpha value is -1.53. The predicted molar refractivity (Wildman–Crippen MR) is 84.9 cm³/mol. The second-order valence-corrected chi connectivity index (χ2v) is 6.47. The van der Waals surface area contributed by atoms with E-state index in [0.29, 0.717) is 17.6 Å². The fourth-order valence-corrected chi connectivity index (χ4v) is 3.40. The number of carbonyl (C=O) groups excluding carboxylic acids is 1. The summed E-state index contributed by atoms with van der Waals surface area (Å²) in [6, 6.07) is 2.29. The number of aryl methyl sites for hydroxylation is 2. The van der Waals surface area contributed by atoms with Crippen LogP contribution in [-0.2, 0) is 0 Å². The summed E-state index contributed by atoms with van der Waals surface area (Å²) in [6.45, 7) is 9.85. The van der Waals surface area contributed by atoms with Gasteiger partial charge in [-0.25, -0.2) is 9.97 Å².